The van der Waals surface area contributed by atoms with E-state index in [1.54, 1.807) is 19.9 Å². The summed E-state index contributed by atoms with van der Waals surface area (Å²) in [4.78, 5) is 21.3. The Bertz CT molecular complexity index is 548. The Labute approximate surface area is 109 Å². The number of anilines is 1. The van der Waals surface area contributed by atoms with Crippen LogP contribution < -0.4 is 5.32 Å². The first-order valence-corrected chi connectivity index (χ1v) is 5.54. The van der Waals surface area contributed by atoms with Crippen molar-refractivity contribution in [2.75, 3.05) is 5.32 Å². The second kappa shape index (κ2) is 5.82. The fraction of sp³-hybridized carbons (Fsp3) is 0.333. The van der Waals surface area contributed by atoms with Crippen molar-refractivity contribution in [1.29, 1.82) is 5.26 Å². The maximum atomic E-state index is 11.1. The Kier molecular flexibility index (Phi) is 4.42. The first kappa shape index (κ1) is 14.4. The molecule has 0 bridgehead atoms. The van der Waals surface area contributed by atoms with Gasteiger partial charge in [-0.1, -0.05) is 13.8 Å². The van der Waals surface area contributed by atoms with Crippen molar-refractivity contribution in [3.63, 3.8) is 0 Å². The summed E-state index contributed by atoms with van der Waals surface area (Å²) in [7, 11) is 0. The molecule has 0 aliphatic carbocycles. The first-order chi connectivity index (χ1) is 8.86. The van der Waals surface area contributed by atoms with Gasteiger partial charge in [-0.05, 0) is 18.1 Å². The van der Waals surface area contributed by atoms with Crippen LogP contribution in [0.15, 0.2) is 18.2 Å². The van der Waals surface area contributed by atoms with E-state index in [1.165, 1.54) is 12.1 Å². The van der Waals surface area contributed by atoms with Crippen LogP contribution in [0.25, 0.3) is 0 Å². The molecule has 1 atom stereocenters. The number of hydrogen-bond acceptors (Lipinski definition) is 5. The van der Waals surface area contributed by atoms with E-state index < -0.39 is 16.9 Å². The summed E-state index contributed by atoms with van der Waals surface area (Å²) in [6, 6.07) is 4.71. The minimum Gasteiger partial charge on any atom is -0.480 e. The predicted molar refractivity (Wildman–Crippen MR) is 67.7 cm³/mol. The first-order valence-electron chi connectivity index (χ1n) is 5.54. The summed E-state index contributed by atoms with van der Waals surface area (Å²) in [6.45, 7) is 3.39. The zero-order chi connectivity index (χ0) is 14.6. The molecule has 0 saturated carbocycles. The van der Waals surface area contributed by atoms with Gasteiger partial charge >= 0.3 is 5.97 Å². The normalized spacial score (nSPS) is 11.7. The number of rotatable bonds is 5. The molecule has 1 aromatic rings. The van der Waals surface area contributed by atoms with Gasteiger partial charge in [-0.25, -0.2) is 4.79 Å². The van der Waals surface area contributed by atoms with Crippen LogP contribution in [0.5, 0.6) is 0 Å². The Morgan fingerprint density at radius 2 is 2.16 bits per heavy atom. The van der Waals surface area contributed by atoms with Crippen molar-refractivity contribution >= 4 is 17.3 Å². The van der Waals surface area contributed by atoms with Crippen molar-refractivity contribution in [3.05, 3.63) is 33.9 Å². The molecule has 0 spiro atoms. The SMILES string of the molecule is CC(C)[C@@H](Nc1ccc(C#N)cc1[N+](=O)[O-])C(=O)O. The molecule has 0 radical (unpaired) electrons. The number of hydrogen-bond donors (Lipinski definition) is 2. The number of carboxylic acid groups (broad SMARTS) is 1. The number of nitriles is 1. The van der Waals surface area contributed by atoms with Crippen molar-refractivity contribution < 1.29 is 14.8 Å². The van der Waals surface area contributed by atoms with Crippen LogP contribution in [-0.2, 0) is 4.79 Å². The predicted octanol–water partition coefficient (Wildman–Crippen LogP) is 1.99. The molecule has 0 saturated heterocycles. The largest absolute Gasteiger partial charge is 0.480 e. The summed E-state index contributed by atoms with van der Waals surface area (Å²) < 4.78 is 0. The summed E-state index contributed by atoms with van der Waals surface area (Å²) >= 11 is 0. The van der Waals surface area contributed by atoms with E-state index in [-0.39, 0.29) is 22.9 Å². The zero-order valence-electron chi connectivity index (χ0n) is 10.5. The molecular weight excluding hydrogens is 250 g/mol. The van der Waals surface area contributed by atoms with E-state index in [9.17, 15) is 14.9 Å². The van der Waals surface area contributed by atoms with Crippen LogP contribution in [0.3, 0.4) is 0 Å². The van der Waals surface area contributed by atoms with Gasteiger partial charge in [-0.3, -0.25) is 10.1 Å². The molecule has 0 amide bonds. The van der Waals surface area contributed by atoms with Crippen molar-refractivity contribution in [3.8, 4) is 6.07 Å². The van der Waals surface area contributed by atoms with Gasteiger partial charge in [-0.2, -0.15) is 5.26 Å². The smallest absolute Gasteiger partial charge is 0.326 e. The Hall–Kier alpha value is -2.62. The van der Waals surface area contributed by atoms with Gasteiger partial charge in [0.05, 0.1) is 16.6 Å². The minimum absolute atomic E-state index is 0.0881. The molecule has 19 heavy (non-hydrogen) atoms. The van der Waals surface area contributed by atoms with Gasteiger partial charge in [0.2, 0.25) is 0 Å². The zero-order valence-corrected chi connectivity index (χ0v) is 10.5. The van der Waals surface area contributed by atoms with Crippen LogP contribution in [0.2, 0.25) is 0 Å². The number of carbonyl (C=O) groups is 1. The molecule has 0 heterocycles. The van der Waals surface area contributed by atoms with Crippen LogP contribution in [0, 0.1) is 27.4 Å². The third-order valence-corrected chi connectivity index (χ3v) is 2.57. The maximum absolute atomic E-state index is 11.1. The van der Waals surface area contributed by atoms with Gasteiger partial charge in [0.15, 0.2) is 0 Å². The third kappa shape index (κ3) is 3.42. The van der Waals surface area contributed by atoms with E-state index in [2.05, 4.69) is 5.32 Å². The Morgan fingerprint density at radius 1 is 1.53 bits per heavy atom. The molecule has 0 fully saturated rings. The number of nitro groups is 1. The molecule has 100 valence electrons. The molecule has 2 N–H and O–H groups in total. The van der Waals surface area contributed by atoms with Crippen molar-refractivity contribution in [2.24, 2.45) is 5.92 Å². The highest BCUT2D eigenvalue weighted by Crippen LogP contribution is 2.27. The van der Waals surface area contributed by atoms with Crippen molar-refractivity contribution in [2.45, 2.75) is 19.9 Å². The van der Waals surface area contributed by atoms with Crippen molar-refractivity contribution in [1.82, 2.24) is 0 Å². The van der Waals surface area contributed by atoms with Crippen LogP contribution in [0.1, 0.15) is 19.4 Å². The van der Waals surface area contributed by atoms with Gasteiger partial charge in [0.25, 0.3) is 5.69 Å². The minimum atomic E-state index is -1.09. The Balaban J connectivity index is 3.17. The van der Waals surface area contributed by atoms with Gasteiger partial charge in [-0.15, -0.1) is 0 Å². The lowest BCUT2D eigenvalue weighted by Gasteiger charge is -2.19. The quantitative estimate of drug-likeness (QED) is 0.619. The Morgan fingerprint density at radius 3 is 2.58 bits per heavy atom. The average Bonchev–Trinajstić information content (AvgIpc) is 2.34. The molecular formula is C12H13N3O4. The number of nitro benzene ring substituents is 1. The molecule has 0 aliphatic heterocycles. The summed E-state index contributed by atoms with van der Waals surface area (Å²) in [5.41, 5.74) is -0.0790. The molecule has 0 aromatic heterocycles. The van der Waals surface area contributed by atoms with Gasteiger partial charge in [0.1, 0.15) is 11.7 Å². The third-order valence-electron chi connectivity index (χ3n) is 2.57. The van der Waals surface area contributed by atoms with E-state index in [1.807, 2.05) is 0 Å². The standard InChI is InChI=1S/C12H13N3O4/c1-7(2)11(12(16)17)14-9-4-3-8(6-13)5-10(9)15(18)19/h3-5,7,11,14H,1-2H3,(H,16,17)/t11-/m1/s1. The van der Waals surface area contributed by atoms with Gasteiger partial charge < -0.3 is 10.4 Å². The summed E-state index contributed by atoms with van der Waals surface area (Å²) in [5, 5.41) is 31.3. The maximum Gasteiger partial charge on any atom is 0.326 e. The molecule has 0 aliphatic rings. The monoisotopic (exact) mass is 263 g/mol. The summed E-state index contributed by atoms with van der Waals surface area (Å²) in [5.74, 6) is -1.33. The van der Waals surface area contributed by atoms with Gasteiger partial charge in [0, 0.05) is 6.07 Å². The topological polar surface area (TPSA) is 116 Å². The number of carboxylic acids is 1. The molecule has 7 nitrogen and oxygen atoms in total. The average molecular weight is 263 g/mol. The fourth-order valence-corrected chi connectivity index (χ4v) is 1.56. The lowest BCUT2D eigenvalue weighted by Crippen LogP contribution is -2.34. The van der Waals surface area contributed by atoms with Crippen LogP contribution >= 0.6 is 0 Å². The van der Waals surface area contributed by atoms with Crippen LogP contribution in [-0.4, -0.2) is 22.0 Å². The lowest BCUT2D eigenvalue weighted by molar-refractivity contribution is -0.384. The number of benzene rings is 1. The molecule has 1 aromatic carbocycles. The highest BCUT2D eigenvalue weighted by Gasteiger charge is 2.24. The highest BCUT2D eigenvalue weighted by molar-refractivity contribution is 5.79. The van der Waals surface area contributed by atoms with E-state index in [0.29, 0.717) is 0 Å². The highest BCUT2D eigenvalue weighted by atomic mass is 16.6. The number of nitrogens with one attached hydrogen (secondary N) is 1. The number of nitrogens with zero attached hydrogens (tertiary/aromatic N) is 2. The summed E-state index contributed by atoms with van der Waals surface area (Å²) in [6.07, 6.45) is 0. The molecule has 7 heteroatoms. The number of aliphatic carboxylic acids is 1. The molecule has 1 rings (SSSR count). The molecule has 0 unspecified atom stereocenters. The van der Waals surface area contributed by atoms with E-state index in [0.717, 1.165) is 6.07 Å². The fourth-order valence-electron chi connectivity index (χ4n) is 1.56. The van der Waals surface area contributed by atoms with E-state index >= 15 is 0 Å². The van der Waals surface area contributed by atoms with E-state index in [4.69, 9.17) is 10.4 Å². The second-order valence-electron chi connectivity index (χ2n) is 4.31. The van der Waals surface area contributed by atoms with Crippen LogP contribution in [0.4, 0.5) is 11.4 Å². The second-order valence-corrected chi connectivity index (χ2v) is 4.31. The lowest BCUT2D eigenvalue weighted by atomic mass is 10.0.